The third-order valence-corrected chi connectivity index (χ3v) is 2.70. The lowest BCUT2D eigenvalue weighted by molar-refractivity contribution is 0.0929. The van der Waals surface area contributed by atoms with E-state index in [1.54, 1.807) is 6.07 Å². The monoisotopic (exact) mass is 220 g/mol. The molecule has 1 aromatic heterocycles. The summed E-state index contributed by atoms with van der Waals surface area (Å²) >= 11 is 0. The van der Waals surface area contributed by atoms with E-state index in [-0.39, 0.29) is 11.9 Å². The zero-order valence-corrected chi connectivity index (χ0v) is 9.07. The third kappa shape index (κ3) is 2.70. The highest BCUT2D eigenvalue weighted by atomic mass is 16.1. The van der Waals surface area contributed by atoms with Crippen molar-refractivity contribution < 1.29 is 4.79 Å². The standard InChI is InChI=1S/C11H16N4O/c12-9-5-8(6-14-7-9)11(16)15-10-1-3-13-4-2-10/h5-7,10,13H,1-4,12H2,(H,15,16). The first-order chi connectivity index (χ1) is 7.75. The van der Waals surface area contributed by atoms with Gasteiger partial charge in [-0.2, -0.15) is 0 Å². The van der Waals surface area contributed by atoms with Crippen LogP contribution in [0.25, 0.3) is 0 Å². The molecular weight excluding hydrogens is 204 g/mol. The number of nitrogens with two attached hydrogens (primary N) is 1. The lowest BCUT2D eigenvalue weighted by Crippen LogP contribution is -2.42. The number of pyridine rings is 1. The van der Waals surface area contributed by atoms with E-state index in [0.29, 0.717) is 11.3 Å². The van der Waals surface area contributed by atoms with E-state index in [1.165, 1.54) is 12.4 Å². The number of hydrogen-bond donors (Lipinski definition) is 3. The minimum atomic E-state index is -0.0910. The number of nitrogens with zero attached hydrogens (tertiary/aromatic N) is 1. The summed E-state index contributed by atoms with van der Waals surface area (Å²) in [6, 6.07) is 1.90. The van der Waals surface area contributed by atoms with Crippen molar-refractivity contribution in [2.45, 2.75) is 18.9 Å². The van der Waals surface area contributed by atoms with Crippen LogP contribution < -0.4 is 16.4 Å². The van der Waals surface area contributed by atoms with Crippen LogP contribution >= 0.6 is 0 Å². The van der Waals surface area contributed by atoms with E-state index in [9.17, 15) is 4.79 Å². The first kappa shape index (κ1) is 10.9. The second-order valence-electron chi connectivity index (χ2n) is 4.00. The van der Waals surface area contributed by atoms with Crippen LogP contribution in [0.1, 0.15) is 23.2 Å². The lowest BCUT2D eigenvalue weighted by Gasteiger charge is -2.23. The summed E-state index contributed by atoms with van der Waals surface area (Å²) in [5.41, 5.74) is 6.62. The van der Waals surface area contributed by atoms with Crippen LogP contribution in [0.4, 0.5) is 5.69 Å². The molecule has 1 aliphatic heterocycles. The Morgan fingerprint density at radius 2 is 2.19 bits per heavy atom. The topological polar surface area (TPSA) is 80.0 Å². The Morgan fingerprint density at radius 1 is 1.44 bits per heavy atom. The van der Waals surface area contributed by atoms with Gasteiger partial charge in [-0.15, -0.1) is 0 Å². The molecule has 0 bridgehead atoms. The molecule has 0 unspecified atom stereocenters. The van der Waals surface area contributed by atoms with Gasteiger partial charge in [-0.1, -0.05) is 0 Å². The predicted molar refractivity (Wildman–Crippen MR) is 62.0 cm³/mol. The van der Waals surface area contributed by atoms with Crippen molar-refractivity contribution >= 4 is 11.6 Å². The summed E-state index contributed by atoms with van der Waals surface area (Å²) in [5, 5.41) is 6.24. The molecule has 86 valence electrons. The number of nitrogen functional groups attached to an aromatic ring is 1. The van der Waals surface area contributed by atoms with Crippen LogP contribution in [0.2, 0.25) is 0 Å². The van der Waals surface area contributed by atoms with Crippen molar-refractivity contribution in [1.29, 1.82) is 0 Å². The predicted octanol–water partition coefficient (Wildman–Crippen LogP) is 0.146. The Labute approximate surface area is 94.4 Å². The fraction of sp³-hybridized carbons (Fsp3) is 0.455. The zero-order chi connectivity index (χ0) is 11.4. The summed E-state index contributed by atoms with van der Waals surface area (Å²) in [6.07, 6.45) is 5.01. The number of hydrogen-bond acceptors (Lipinski definition) is 4. The fourth-order valence-electron chi connectivity index (χ4n) is 1.82. The summed E-state index contributed by atoms with van der Waals surface area (Å²) in [7, 11) is 0. The molecule has 1 saturated heterocycles. The van der Waals surface area contributed by atoms with Gasteiger partial charge in [0.1, 0.15) is 0 Å². The van der Waals surface area contributed by atoms with Gasteiger partial charge in [0, 0.05) is 18.4 Å². The fourth-order valence-corrected chi connectivity index (χ4v) is 1.82. The van der Waals surface area contributed by atoms with Crippen LogP contribution in [0.3, 0.4) is 0 Å². The van der Waals surface area contributed by atoms with Gasteiger partial charge in [0.2, 0.25) is 0 Å². The highest BCUT2D eigenvalue weighted by Crippen LogP contribution is 2.07. The zero-order valence-electron chi connectivity index (χ0n) is 9.07. The maximum absolute atomic E-state index is 11.8. The average molecular weight is 220 g/mol. The van der Waals surface area contributed by atoms with Crippen LogP contribution in [-0.2, 0) is 0 Å². The van der Waals surface area contributed by atoms with E-state index < -0.39 is 0 Å². The summed E-state index contributed by atoms with van der Waals surface area (Å²) in [4.78, 5) is 15.7. The van der Waals surface area contributed by atoms with Gasteiger partial charge in [-0.25, -0.2) is 0 Å². The minimum Gasteiger partial charge on any atom is -0.397 e. The normalized spacial score (nSPS) is 17.0. The molecule has 0 aliphatic carbocycles. The Morgan fingerprint density at radius 3 is 2.88 bits per heavy atom. The Balaban J connectivity index is 1.97. The summed E-state index contributed by atoms with van der Waals surface area (Å²) < 4.78 is 0. The molecule has 1 aliphatic rings. The molecule has 0 aromatic carbocycles. The molecule has 0 atom stereocenters. The van der Waals surface area contributed by atoms with Crippen molar-refractivity contribution in [2.75, 3.05) is 18.8 Å². The number of rotatable bonds is 2. The number of carbonyl (C=O) groups excluding carboxylic acids is 1. The van der Waals surface area contributed by atoms with E-state index >= 15 is 0 Å². The van der Waals surface area contributed by atoms with Crippen molar-refractivity contribution in [3.63, 3.8) is 0 Å². The number of anilines is 1. The number of nitrogens with one attached hydrogen (secondary N) is 2. The van der Waals surface area contributed by atoms with E-state index in [4.69, 9.17) is 5.73 Å². The van der Waals surface area contributed by atoms with Gasteiger partial charge < -0.3 is 16.4 Å². The van der Waals surface area contributed by atoms with Gasteiger partial charge >= 0.3 is 0 Å². The van der Waals surface area contributed by atoms with Crippen molar-refractivity contribution in [1.82, 2.24) is 15.6 Å². The van der Waals surface area contributed by atoms with Crippen LogP contribution in [-0.4, -0.2) is 30.0 Å². The summed E-state index contributed by atoms with van der Waals surface area (Å²) in [5.74, 6) is -0.0910. The average Bonchev–Trinajstić information content (AvgIpc) is 2.30. The second kappa shape index (κ2) is 4.94. The molecular formula is C11H16N4O. The molecule has 2 heterocycles. The van der Waals surface area contributed by atoms with Gasteiger partial charge in [-0.05, 0) is 32.0 Å². The Kier molecular flexibility index (Phi) is 3.36. The third-order valence-electron chi connectivity index (χ3n) is 2.70. The molecule has 0 spiro atoms. The highest BCUT2D eigenvalue weighted by Gasteiger charge is 2.16. The van der Waals surface area contributed by atoms with E-state index in [2.05, 4.69) is 15.6 Å². The Bertz CT molecular complexity index is 374. The van der Waals surface area contributed by atoms with Crippen molar-refractivity contribution in [2.24, 2.45) is 0 Å². The largest absolute Gasteiger partial charge is 0.397 e. The molecule has 0 radical (unpaired) electrons. The number of carbonyl (C=O) groups is 1. The van der Waals surface area contributed by atoms with Crippen molar-refractivity contribution in [3.8, 4) is 0 Å². The maximum atomic E-state index is 11.8. The van der Waals surface area contributed by atoms with Crippen molar-refractivity contribution in [3.05, 3.63) is 24.0 Å². The van der Waals surface area contributed by atoms with E-state index in [1.807, 2.05) is 0 Å². The molecule has 5 nitrogen and oxygen atoms in total. The molecule has 4 N–H and O–H groups in total. The number of aromatic nitrogens is 1. The smallest absolute Gasteiger partial charge is 0.253 e. The first-order valence-corrected chi connectivity index (χ1v) is 5.48. The van der Waals surface area contributed by atoms with Gasteiger partial charge in [0.15, 0.2) is 0 Å². The molecule has 1 fully saturated rings. The van der Waals surface area contributed by atoms with Crippen LogP contribution in [0.15, 0.2) is 18.5 Å². The van der Waals surface area contributed by atoms with Gasteiger partial charge in [0.25, 0.3) is 5.91 Å². The lowest BCUT2D eigenvalue weighted by atomic mass is 10.1. The SMILES string of the molecule is Nc1cncc(C(=O)NC2CCNCC2)c1. The first-order valence-electron chi connectivity index (χ1n) is 5.48. The van der Waals surface area contributed by atoms with Crippen LogP contribution in [0.5, 0.6) is 0 Å². The van der Waals surface area contributed by atoms with E-state index in [0.717, 1.165) is 25.9 Å². The molecule has 1 amide bonds. The number of piperidine rings is 1. The molecule has 16 heavy (non-hydrogen) atoms. The van der Waals surface area contributed by atoms with Gasteiger partial charge in [-0.3, -0.25) is 9.78 Å². The maximum Gasteiger partial charge on any atom is 0.253 e. The minimum absolute atomic E-state index is 0.0910. The van der Waals surface area contributed by atoms with Gasteiger partial charge in [0.05, 0.1) is 11.3 Å². The Hall–Kier alpha value is -1.62. The molecule has 5 heteroatoms. The second-order valence-corrected chi connectivity index (χ2v) is 4.00. The quantitative estimate of drug-likeness (QED) is 0.662. The molecule has 1 aromatic rings. The molecule has 2 rings (SSSR count). The summed E-state index contributed by atoms with van der Waals surface area (Å²) in [6.45, 7) is 1.92. The molecule has 0 saturated carbocycles. The highest BCUT2D eigenvalue weighted by molar-refractivity contribution is 5.94. The van der Waals surface area contributed by atoms with Crippen LogP contribution in [0, 0.1) is 0 Å². The number of amides is 1.